The average molecular weight is 320 g/mol. The largest absolute Gasteiger partial charge is 0.839 e. The van der Waals surface area contributed by atoms with Gasteiger partial charge in [0.25, 0.3) is 5.65 Å². The summed E-state index contributed by atoms with van der Waals surface area (Å²) < 4.78 is 16.3. The van der Waals surface area contributed by atoms with Crippen molar-refractivity contribution in [3.05, 3.63) is 78.1 Å². The van der Waals surface area contributed by atoms with Gasteiger partial charge < -0.3 is 5.11 Å². The van der Waals surface area contributed by atoms with Crippen LogP contribution >= 0.6 is 0 Å². The zero-order valence-electron chi connectivity index (χ0n) is 12.6. The number of nitrogens with zero attached hydrogens (tertiary/aromatic N) is 2. The molecule has 0 saturated heterocycles. The molecule has 0 saturated carbocycles. The number of pyridine rings is 1. The van der Waals surface area contributed by atoms with Gasteiger partial charge in [0.2, 0.25) is 5.69 Å². The maximum absolute atomic E-state index is 13.5. The molecule has 2 aromatic carbocycles. The summed E-state index contributed by atoms with van der Waals surface area (Å²) in [6.07, 6.45) is 1.56. The molecule has 4 nitrogen and oxygen atoms in total. The number of fused-ring (bicyclic) bond motifs is 3. The van der Waals surface area contributed by atoms with Crippen LogP contribution in [-0.2, 0) is 6.54 Å². The molecule has 4 rings (SSSR count). The summed E-state index contributed by atoms with van der Waals surface area (Å²) >= 11 is 0. The van der Waals surface area contributed by atoms with Crippen LogP contribution in [0.3, 0.4) is 0 Å². The van der Waals surface area contributed by atoms with Crippen molar-refractivity contribution in [2.75, 3.05) is 0 Å². The number of hydrogen-bond donors (Lipinski definition) is 0. The molecule has 0 aliphatic heterocycles. The summed E-state index contributed by atoms with van der Waals surface area (Å²) in [5.74, 6) is -0.622. The van der Waals surface area contributed by atoms with E-state index in [1.165, 1.54) is 8.97 Å². The predicted octanol–water partition coefficient (Wildman–Crippen LogP) is 2.61. The van der Waals surface area contributed by atoms with Crippen LogP contribution in [0.4, 0.5) is 4.39 Å². The summed E-state index contributed by atoms with van der Waals surface area (Å²) in [6.45, 7) is 0.268. The minimum Gasteiger partial charge on any atom is -0.839 e. The van der Waals surface area contributed by atoms with Gasteiger partial charge >= 0.3 is 6.04 Å². The van der Waals surface area contributed by atoms with Crippen molar-refractivity contribution >= 4 is 22.5 Å². The molecule has 0 unspecified atom stereocenters. The van der Waals surface area contributed by atoms with E-state index in [0.29, 0.717) is 5.65 Å². The van der Waals surface area contributed by atoms with Crippen molar-refractivity contribution in [3.63, 3.8) is 0 Å². The molecule has 0 radical (unpaired) electrons. The zero-order chi connectivity index (χ0) is 16.7. The van der Waals surface area contributed by atoms with Crippen LogP contribution < -0.4 is 9.67 Å². The molecule has 4 aromatic rings. The number of carbonyl (C=O) groups excluding carboxylic acids is 1. The standard InChI is InChI=1S/C19H13FN2O2/c20-17(23)16-19(24)22(12-13-6-2-1-3-7-13)18-15-9-5-4-8-14(15)10-11-21(16)18/h1-11H,12H2. The lowest BCUT2D eigenvalue weighted by Gasteiger charge is -2.06. The van der Waals surface area contributed by atoms with Crippen molar-refractivity contribution in [2.45, 2.75) is 6.54 Å². The Bertz CT molecular complexity index is 1070. The molecule has 2 aromatic heterocycles. The number of hydrogen-bond acceptors (Lipinski definition) is 2. The van der Waals surface area contributed by atoms with Crippen molar-refractivity contribution in [1.82, 2.24) is 4.40 Å². The highest BCUT2D eigenvalue weighted by Gasteiger charge is 2.27. The third-order valence-electron chi connectivity index (χ3n) is 4.15. The number of benzene rings is 2. The number of halogens is 1. The van der Waals surface area contributed by atoms with Gasteiger partial charge in [0.1, 0.15) is 12.4 Å². The molecular weight excluding hydrogens is 307 g/mol. The van der Waals surface area contributed by atoms with Crippen LogP contribution in [0.15, 0.2) is 66.9 Å². The third kappa shape index (κ3) is 2.13. The minimum atomic E-state index is -1.72. The Hall–Kier alpha value is -3.21. The van der Waals surface area contributed by atoms with E-state index in [9.17, 15) is 14.3 Å². The molecule has 0 N–H and O–H groups in total. The van der Waals surface area contributed by atoms with E-state index in [1.807, 2.05) is 54.6 Å². The molecule has 0 amide bonds. The van der Waals surface area contributed by atoms with Gasteiger partial charge in [-0.25, -0.2) is 4.57 Å². The van der Waals surface area contributed by atoms with Crippen LogP contribution in [-0.4, -0.2) is 10.4 Å². The summed E-state index contributed by atoms with van der Waals surface area (Å²) in [6, 6.07) is 17.0. The molecule has 118 valence electrons. The van der Waals surface area contributed by atoms with Gasteiger partial charge in [-0.3, -0.25) is 4.79 Å². The van der Waals surface area contributed by atoms with Gasteiger partial charge in [-0.15, -0.1) is 0 Å². The lowest BCUT2D eigenvalue weighted by molar-refractivity contribution is -0.704. The fraction of sp³-hybridized carbons (Fsp3) is 0.0526. The summed E-state index contributed by atoms with van der Waals surface area (Å²) in [4.78, 5) is 11.4. The van der Waals surface area contributed by atoms with Crippen LogP contribution in [0.1, 0.15) is 16.1 Å². The molecule has 5 heteroatoms. The Morgan fingerprint density at radius 3 is 2.50 bits per heavy atom. The van der Waals surface area contributed by atoms with Crippen molar-refractivity contribution in [3.8, 4) is 5.88 Å². The minimum absolute atomic E-state index is 0.268. The molecule has 0 spiro atoms. The fourth-order valence-electron chi connectivity index (χ4n) is 3.08. The molecule has 0 bridgehead atoms. The zero-order valence-corrected chi connectivity index (χ0v) is 12.6. The van der Waals surface area contributed by atoms with Crippen molar-refractivity contribution in [1.29, 1.82) is 0 Å². The topological polar surface area (TPSA) is 48.4 Å². The number of imidazole rings is 1. The Labute approximate surface area is 137 Å². The van der Waals surface area contributed by atoms with Crippen molar-refractivity contribution < 1.29 is 18.9 Å². The second-order valence-corrected chi connectivity index (χ2v) is 5.60. The first-order valence-electron chi connectivity index (χ1n) is 7.53. The molecule has 0 fully saturated rings. The van der Waals surface area contributed by atoms with Gasteiger partial charge in [0, 0.05) is 0 Å². The molecule has 24 heavy (non-hydrogen) atoms. The maximum atomic E-state index is 13.5. The molecular formula is C19H13FN2O2. The Kier molecular flexibility index (Phi) is 3.27. The summed E-state index contributed by atoms with van der Waals surface area (Å²) in [7, 11) is 0. The van der Waals surface area contributed by atoms with E-state index in [2.05, 4.69) is 0 Å². The predicted molar refractivity (Wildman–Crippen MR) is 85.5 cm³/mol. The van der Waals surface area contributed by atoms with E-state index in [1.54, 1.807) is 12.3 Å². The SMILES string of the molecule is O=C(F)c1c([O-])[n+](Cc2ccccc2)c2c3ccccc3ccn12. The second kappa shape index (κ2) is 5.45. The van der Waals surface area contributed by atoms with Crippen LogP contribution in [0.25, 0.3) is 16.4 Å². The second-order valence-electron chi connectivity index (χ2n) is 5.60. The Morgan fingerprint density at radius 2 is 1.75 bits per heavy atom. The van der Waals surface area contributed by atoms with E-state index < -0.39 is 17.6 Å². The van der Waals surface area contributed by atoms with Crippen molar-refractivity contribution in [2.24, 2.45) is 0 Å². The van der Waals surface area contributed by atoms with E-state index in [0.717, 1.165) is 16.3 Å². The molecule has 0 aliphatic rings. The van der Waals surface area contributed by atoms with Gasteiger partial charge in [-0.2, -0.15) is 8.79 Å². The highest BCUT2D eigenvalue weighted by Crippen LogP contribution is 2.24. The third-order valence-corrected chi connectivity index (χ3v) is 4.15. The smallest absolute Gasteiger partial charge is 0.374 e. The highest BCUT2D eigenvalue weighted by atomic mass is 19.1. The number of carbonyl (C=O) groups is 1. The average Bonchev–Trinajstić information content (AvgIpc) is 2.88. The maximum Gasteiger partial charge on any atom is 0.374 e. The molecule has 0 atom stereocenters. The lowest BCUT2D eigenvalue weighted by Crippen LogP contribution is -2.37. The monoisotopic (exact) mass is 320 g/mol. The van der Waals surface area contributed by atoms with E-state index in [-0.39, 0.29) is 6.54 Å². The summed E-state index contributed by atoms with van der Waals surface area (Å²) in [5, 5.41) is 14.4. The first-order valence-corrected chi connectivity index (χ1v) is 7.53. The van der Waals surface area contributed by atoms with Crippen LogP contribution in [0.2, 0.25) is 0 Å². The van der Waals surface area contributed by atoms with Crippen LogP contribution in [0, 0.1) is 0 Å². The van der Waals surface area contributed by atoms with Gasteiger partial charge in [0.05, 0.1) is 11.6 Å². The number of aromatic nitrogens is 2. The van der Waals surface area contributed by atoms with Gasteiger partial charge in [0.15, 0.2) is 0 Å². The van der Waals surface area contributed by atoms with Crippen LogP contribution in [0.5, 0.6) is 5.88 Å². The quantitative estimate of drug-likeness (QED) is 0.430. The lowest BCUT2D eigenvalue weighted by atomic mass is 10.1. The fourth-order valence-corrected chi connectivity index (χ4v) is 3.08. The normalized spacial score (nSPS) is 11.2. The first-order chi connectivity index (χ1) is 11.7. The summed E-state index contributed by atoms with van der Waals surface area (Å²) in [5.41, 5.74) is 0.951. The van der Waals surface area contributed by atoms with E-state index in [4.69, 9.17) is 0 Å². The van der Waals surface area contributed by atoms with E-state index >= 15 is 0 Å². The number of rotatable bonds is 3. The molecule has 0 aliphatic carbocycles. The highest BCUT2D eigenvalue weighted by molar-refractivity contribution is 5.96. The molecule has 2 heterocycles. The Morgan fingerprint density at radius 1 is 1.04 bits per heavy atom. The first kappa shape index (κ1) is 14.4. The van der Waals surface area contributed by atoms with Gasteiger partial charge in [-0.1, -0.05) is 48.5 Å². The Balaban J connectivity index is 2.08. The van der Waals surface area contributed by atoms with Gasteiger partial charge in [-0.05, 0) is 23.1 Å².